The van der Waals surface area contributed by atoms with Gasteiger partial charge in [0.2, 0.25) is 6.54 Å². The van der Waals surface area contributed by atoms with Crippen LogP contribution in [0.25, 0.3) is 27.6 Å². The van der Waals surface area contributed by atoms with Crippen molar-refractivity contribution in [3.05, 3.63) is 112 Å². The van der Waals surface area contributed by atoms with E-state index in [1.807, 2.05) is 72.8 Å². The number of nitrogens with zero attached hydrogens (tertiary/aromatic N) is 1. The van der Waals surface area contributed by atoms with Gasteiger partial charge in [0.1, 0.15) is 0 Å². The summed E-state index contributed by atoms with van der Waals surface area (Å²) in [5, 5.41) is 15.8. The predicted molar refractivity (Wildman–Crippen MR) is 112 cm³/mol. The van der Waals surface area contributed by atoms with Crippen molar-refractivity contribution in [1.29, 1.82) is 0 Å². The van der Waals surface area contributed by atoms with Crippen LogP contribution in [-0.2, 0) is 0 Å². The Kier molecular flexibility index (Phi) is 4.67. The maximum Gasteiger partial charge on any atom is 0.214 e. The fraction of sp³-hybridized carbons (Fsp3) is 0.0833. The average Bonchev–Trinajstić information content (AvgIpc) is 2.70. The minimum atomic E-state index is -0.268. The number of benzene rings is 4. The summed E-state index contributed by atoms with van der Waals surface area (Å²) >= 11 is 0. The first-order chi connectivity index (χ1) is 13.2. The van der Waals surface area contributed by atoms with Gasteiger partial charge < -0.3 is 0 Å². The second kappa shape index (κ2) is 7.42. The Bertz CT molecular complexity index is 1150. The molecule has 4 aromatic rings. The second-order valence-electron chi connectivity index (χ2n) is 6.69. The van der Waals surface area contributed by atoms with Crippen LogP contribution in [0.1, 0.15) is 17.0 Å². The zero-order valence-corrected chi connectivity index (χ0v) is 14.8. The predicted octanol–water partition coefficient (Wildman–Crippen LogP) is 6.07. The lowest BCUT2D eigenvalue weighted by atomic mass is 9.95. The van der Waals surface area contributed by atoms with Gasteiger partial charge in [0.15, 0.2) is 0 Å². The van der Waals surface area contributed by atoms with Crippen molar-refractivity contribution in [2.45, 2.75) is 5.92 Å². The van der Waals surface area contributed by atoms with Crippen molar-refractivity contribution in [2.24, 2.45) is 0 Å². The highest BCUT2D eigenvalue weighted by Crippen LogP contribution is 2.25. The second-order valence-corrected chi connectivity index (χ2v) is 6.69. The molecule has 0 bridgehead atoms. The number of hydrogen-bond donors (Lipinski definition) is 0. The van der Waals surface area contributed by atoms with Gasteiger partial charge in [-0.2, -0.15) is 0 Å². The molecule has 4 rings (SSSR count). The molecule has 0 unspecified atom stereocenters. The summed E-state index contributed by atoms with van der Waals surface area (Å²) in [6.07, 6.45) is 3.92. The Morgan fingerprint density at radius 2 is 1.37 bits per heavy atom. The SMILES string of the molecule is O=[N+]([O-])C[C@H](/C=C/c1ccc2ccccc2c1)c1ccc2ccccc2c1. The molecule has 0 saturated heterocycles. The molecule has 0 radical (unpaired) electrons. The smallest absolute Gasteiger partial charge is 0.214 e. The third-order valence-corrected chi connectivity index (χ3v) is 4.84. The quantitative estimate of drug-likeness (QED) is 0.323. The van der Waals surface area contributed by atoms with Crippen molar-refractivity contribution in [3.63, 3.8) is 0 Å². The van der Waals surface area contributed by atoms with E-state index >= 15 is 0 Å². The number of rotatable bonds is 5. The number of nitro groups is 1. The van der Waals surface area contributed by atoms with Crippen molar-refractivity contribution in [3.8, 4) is 0 Å². The van der Waals surface area contributed by atoms with Crippen molar-refractivity contribution >= 4 is 27.6 Å². The summed E-state index contributed by atoms with van der Waals surface area (Å²) in [6, 6.07) is 28.5. The van der Waals surface area contributed by atoms with Crippen LogP contribution in [0.4, 0.5) is 0 Å². The Labute approximate surface area is 157 Å². The van der Waals surface area contributed by atoms with E-state index in [0.29, 0.717) is 0 Å². The highest BCUT2D eigenvalue weighted by molar-refractivity contribution is 5.85. The molecule has 1 atom stereocenters. The summed E-state index contributed by atoms with van der Waals surface area (Å²) in [4.78, 5) is 11.0. The van der Waals surface area contributed by atoms with E-state index in [9.17, 15) is 10.1 Å². The summed E-state index contributed by atoms with van der Waals surface area (Å²) in [6.45, 7) is -0.123. The molecule has 27 heavy (non-hydrogen) atoms. The molecule has 0 aliphatic carbocycles. The van der Waals surface area contributed by atoms with Crippen LogP contribution in [0.2, 0.25) is 0 Å². The van der Waals surface area contributed by atoms with Crippen LogP contribution in [0.15, 0.2) is 91.0 Å². The highest BCUT2D eigenvalue weighted by Gasteiger charge is 2.15. The summed E-state index contributed by atoms with van der Waals surface area (Å²) in [5.74, 6) is -0.268. The molecule has 0 spiro atoms. The van der Waals surface area contributed by atoms with Gasteiger partial charge in [-0.25, -0.2) is 0 Å². The topological polar surface area (TPSA) is 43.1 Å². The minimum absolute atomic E-state index is 0.123. The monoisotopic (exact) mass is 353 g/mol. The van der Waals surface area contributed by atoms with Gasteiger partial charge in [0, 0.05) is 4.92 Å². The molecular formula is C24H19NO2. The molecule has 132 valence electrons. The first kappa shape index (κ1) is 17.0. The largest absolute Gasteiger partial charge is 0.265 e. The van der Waals surface area contributed by atoms with Crippen LogP contribution in [0, 0.1) is 10.1 Å². The minimum Gasteiger partial charge on any atom is -0.265 e. The third-order valence-electron chi connectivity index (χ3n) is 4.84. The van der Waals surface area contributed by atoms with Gasteiger partial charge in [-0.15, -0.1) is 0 Å². The van der Waals surface area contributed by atoms with Crippen LogP contribution >= 0.6 is 0 Å². The van der Waals surface area contributed by atoms with Crippen LogP contribution < -0.4 is 0 Å². The molecule has 0 heterocycles. The lowest BCUT2D eigenvalue weighted by molar-refractivity contribution is -0.481. The number of fused-ring (bicyclic) bond motifs is 2. The maximum atomic E-state index is 11.2. The Morgan fingerprint density at radius 3 is 2.04 bits per heavy atom. The van der Waals surface area contributed by atoms with E-state index in [1.165, 1.54) is 5.39 Å². The van der Waals surface area contributed by atoms with Gasteiger partial charge in [-0.3, -0.25) is 10.1 Å². The zero-order valence-electron chi connectivity index (χ0n) is 14.8. The first-order valence-corrected chi connectivity index (χ1v) is 8.96. The van der Waals surface area contributed by atoms with E-state index in [2.05, 4.69) is 24.3 Å². The van der Waals surface area contributed by atoms with Crippen LogP contribution in [0.5, 0.6) is 0 Å². The van der Waals surface area contributed by atoms with Crippen molar-refractivity contribution < 1.29 is 4.92 Å². The van der Waals surface area contributed by atoms with Gasteiger partial charge in [-0.1, -0.05) is 91.0 Å². The summed E-state index contributed by atoms with van der Waals surface area (Å²) in [5.41, 5.74) is 2.00. The molecule has 0 fully saturated rings. The van der Waals surface area contributed by atoms with Crippen LogP contribution in [-0.4, -0.2) is 11.5 Å². The fourth-order valence-electron chi connectivity index (χ4n) is 3.42. The number of hydrogen-bond acceptors (Lipinski definition) is 2. The maximum absolute atomic E-state index is 11.2. The normalized spacial score (nSPS) is 12.6. The van der Waals surface area contributed by atoms with Crippen LogP contribution in [0.3, 0.4) is 0 Å². The fourth-order valence-corrected chi connectivity index (χ4v) is 3.42. The Hall–Kier alpha value is -3.46. The molecule has 3 heteroatoms. The zero-order chi connectivity index (χ0) is 18.6. The van der Waals surface area contributed by atoms with Gasteiger partial charge >= 0.3 is 0 Å². The van der Waals surface area contributed by atoms with Gasteiger partial charge in [0.05, 0.1) is 5.92 Å². The van der Waals surface area contributed by atoms with E-state index in [1.54, 1.807) is 0 Å². The van der Waals surface area contributed by atoms with Crippen molar-refractivity contribution in [2.75, 3.05) is 6.54 Å². The lowest BCUT2D eigenvalue weighted by Crippen LogP contribution is -2.10. The first-order valence-electron chi connectivity index (χ1n) is 8.96. The van der Waals surface area contributed by atoms with E-state index in [0.717, 1.165) is 27.3 Å². The van der Waals surface area contributed by atoms with Crippen molar-refractivity contribution in [1.82, 2.24) is 0 Å². The highest BCUT2D eigenvalue weighted by atomic mass is 16.6. The molecule has 0 saturated carbocycles. The molecular weight excluding hydrogens is 334 g/mol. The Morgan fingerprint density at radius 1 is 0.778 bits per heavy atom. The van der Waals surface area contributed by atoms with Gasteiger partial charge in [-0.05, 0) is 38.7 Å². The molecule has 3 nitrogen and oxygen atoms in total. The molecule has 0 aliphatic heterocycles. The van der Waals surface area contributed by atoms with Gasteiger partial charge in [0.25, 0.3) is 0 Å². The van der Waals surface area contributed by atoms with E-state index < -0.39 is 0 Å². The Balaban J connectivity index is 1.67. The lowest BCUT2D eigenvalue weighted by Gasteiger charge is -2.10. The average molecular weight is 353 g/mol. The molecule has 0 N–H and O–H groups in total. The standard InChI is InChI=1S/C24H19NO2/c26-25(27)17-24(23-14-13-20-6-2-4-8-22(20)16-23)12-10-18-9-11-19-5-1-3-7-21(19)15-18/h1-16,24H,17H2/b12-10+/t24-/m0/s1. The van der Waals surface area contributed by atoms with E-state index in [-0.39, 0.29) is 17.4 Å². The third kappa shape index (κ3) is 3.87. The molecule has 0 aromatic heterocycles. The van der Waals surface area contributed by atoms with E-state index in [4.69, 9.17) is 0 Å². The summed E-state index contributed by atoms with van der Waals surface area (Å²) < 4.78 is 0. The summed E-state index contributed by atoms with van der Waals surface area (Å²) in [7, 11) is 0. The molecule has 0 aliphatic rings. The molecule has 0 amide bonds. The molecule has 4 aromatic carbocycles.